The number of fused-ring (bicyclic) bond motifs is 1. The third-order valence-corrected chi connectivity index (χ3v) is 3.04. The smallest absolute Gasteiger partial charge is 0.255 e. The van der Waals surface area contributed by atoms with Crippen molar-refractivity contribution >= 4 is 22.5 Å². The Morgan fingerprint density at radius 1 is 1.29 bits per heavy atom. The molecule has 0 atom stereocenters. The largest absolute Gasteiger partial charge is 0.418 e. The number of aryl methyl sites for hydroxylation is 1. The molecule has 17 heavy (non-hydrogen) atoms. The highest BCUT2D eigenvalue weighted by atomic mass is 35.5. The van der Waals surface area contributed by atoms with Gasteiger partial charge in [-0.25, -0.2) is 0 Å². The van der Waals surface area contributed by atoms with Gasteiger partial charge in [-0.2, -0.15) is 13.2 Å². The summed E-state index contributed by atoms with van der Waals surface area (Å²) in [6, 6.07) is 3.91. The zero-order valence-corrected chi connectivity index (χ0v) is 9.73. The van der Waals surface area contributed by atoms with E-state index in [1.807, 2.05) is 6.92 Å². The number of para-hydroxylation sites is 1. The molecule has 1 aromatic carbocycles. The van der Waals surface area contributed by atoms with E-state index in [-0.39, 0.29) is 5.52 Å². The molecule has 0 aliphatic heterocycles. The molecule has 2 rings (SSSR count). The molecule has 0 aliphatic carbocycles. The summed E-state index contributed by atoms with van der Waals surface area (Å²) in [5.41, 5.74) is -0.0970. The van der Waals surface area contributed by atoms with Crippen LogP contribution in [0.1, 0.15) is 18.1 Å². The Balaban J connectivity index is 2.80. The summed E-state index contributed by atoms with van der Waals surface area (Å²) in [4.78, 5) is 3.87. The first-order valence-corrected chi connectivity index (χ1v) is 5.46. The molecular weight excluding hydrogens is 251 g/mol. The fourth-order valence-corrected chi connectivity index (χ4v) is 2.04. The Kier molecular flexibility index (Phi) is 3.00. The minimum Gasteiger partial charge on any atom is -0.255 e. The number of nitrogens with zero attached hydrogens (tertiary/aromatic N) is 1. The Labute approximate surface area is 101 Å². The van der Waals surface area contributed by atoms with E-state index in [1.54, 1.807) is 6.07 Å². The number of rotatable bonds is 1. The van der Waals surface area contributed by atoms with Crippen LogP contribution in [0, 0.1) is 0 Å². The van der Waals surface area contributed by atoms with Crippen molar-refractivity contribution in [3.05, 3.63) is 40.5 Å². The Morgan fingerprint density at radius 2 is 2.00 bits per heavy atom. The fraction of sp³-hybridized carbons (Fsp3) is 0.250. The number of pyridine rings is 1. The molecular formula is C12H9ClF3N. The van der Waals surface area contributed by atoms with E-state index in [4.69, 9.17) is 11.6 Å². The quantitative estimate of drug-likeness (QED) is 0.736. The Bertz CT molecular complexity index is 563. The Hall–Kier alpha value is -1.29. The second-order valence-corrected chi connectivity index (χ2v) is 4.03. The van der Waals surface area contributed by atoms with Crippen LogP contribution in [-0.2, 0) is 12.6 Å². The first kappa shape index (κ1) is 12.2. The summed E-state index contributed by atoms with van der Waals surface area (Å²) < 4.78 is 38.2. The first-order valence-electron chi connectivity index (χ1n) is 5.08. The summed E-state index contributed by atoms with van der Waals surface area (Å²) in [6.07, 6.45) is -2.37. The van der Waals surface area contributed by atoms with Gasteiger partial charge in [0, 0.05) is 11.6 Å². The van der Waals surface area contributed by atoms with Crippen molar-refractivity contribution in [2.75, 3.05) is 0 Å². The van der Waals surface area contributed by atoms with Crippen LogP contribution >= 0.6 is 11.6 Å². The molecule has 0 spiro atoms. The van der Waals surface area contributed by atoms with Crippen LogP contribution < -0.4 is 0 Å². The standard InChI is InChI=1S/C12H9ClF3N/c1-2-7-6-17-11-8(10(7)13)4-3-5-9(11)12(14,15)16/h3-6H,2H2,1H3. The van der Waals surface area contributed by atoms with Gasteiger partial charge < -0.3 is 0 Å². The highest BCUT2D eigenvalue weighted by Gasteiger charge is 2.33. The molecule has 1 aromatic heterocycles. The van der Waals surface area contributed by atoms with Crippen molar-refractivity contribution < 1.29 is 13.2 Å². The highest BCUT2D eigenvalue weighted by Crippen LogP contribution is 2.36. The fourth-order valence-electron chi connectivity index (χ4n) is 1.71. The van der Waals surface area contributed by atoms with Crippen molar-refractivity contribution in [2.45, 2.75) is 19.5 Å². The lowest BCUT2D eigenvalue weighted by molar-refractivity contribution is -0.136. The molecule has 0 fully saturated rings. The molecule has 0 bridgehead atoms. The van der Waals surface area contributed by atoms with E-state index in [0.717, 1.165) is 11.6 Å². The Morgan fingerprint density at radius 3 is 2.59 bits per heavy atom. The van der Waals surface area contributed by atoms with Gasteiger partial charge in [0.05, 0.1) is 16.1 Å². The lowest BCUT2D eigenvalue weighted by Gasteiger charge is -2.11. The summed E-state index contributed by atoms with van der Waals surface area (Å²) >= 11 is 6.06. The topological polar surface area (TPSA) is 12.9 Å². The molecule has 0 saturated carbocycles. The molecule has 0 aliphatic rings. The van der Waals surface area contributed by atoms with Crippen LogP contribution in [0.2, 0.25) is 5.02 Å². The highest BCUT2D eigenvalue weighted by molar-refractivity contribution is 6.36. The van der Waals surface area contributed by atoms with Gasteiger partial charge in [-0.1, -0.05) is 30.7 Å². The first-order chi connectivity index (χ1) is 7.95. The average molecular weight is 260 g/mol. The molecule has 0 saturated heterocycles. The summed E-state index contributed by atoms with van der Waals surface area (Å²) in [7, 11) is 0. The van der Waals surface area contributed by atoms with Crippen LogP contribution in [0.4, 0.5) is 13.2 Å². The van der Waals surface area contributed by atoms with Gasteiger partial charge in [0.15, 0.2) is 0 Å². The predicted octanol–water partition coefficient (Wildman–Crippen LogP) is 4.47. The van der Waals surface area contributed by atoms with Crippen LogP contribution in [-0.4, -0.2) is 4.98 Å². The third kappa shape index (κ3) is 2.09. The van der Waals surface area contributed by atoms with Crippen LogP contribution in [0.3, 0.4) is 0 Å². The van der Waals surface area contributed by atoms with Gasteiger partial charge in [0.25, 0.3) is 0 Å². The molecule has 0 radical (unpaired) electrons. The lowest BCUT2D eigenvalue weighted by atomic mass is 10.1. The number of hydrogen-bond acceptors (Lipinski definition) is 1. The predicted molar refractivity (Wildman–Crippen MR) is 61.1 cm³/mol. The van der Waals surface area contributed by atoms with Crippen molar-refractivity contribution in [1.82, 2.24) is 4.98 Å². The minimum atomic E-state index is -4.41. The van der Waals surface area contributed by atoms with Gasteiger partial charge in [0.2, 0.25) is 0 Å². The van der Waals surface area contributed by atoms with E-state index >= 15 is 0 Å². The number of hydrogen-bond donors (Lipinski definition) is 0. The monoisotopic (exact) mass is 259 g/mol. The molecule has 90 valence electrons. The molecule has 2 aromatic rings. The van der Waals surface area contributed by atoms with E-state index in [0.29, 0.717) is 16.8 Å². The van der Waals surface area contributed by atoms with E-state index < -0.39 is 11.7 Å². The zero-order valence-electron chi connectivity index (χ0n) is 8.98. The molecule has 0 amide bonds. The van der Waals surface area contributed by atoms with Crippen LogP contribution in [0.5, 0.6) is 0 Å². The number of benzene rings is 1. The maximum absolute atomic E-state index is 12.7. The van der Waals surface area contributed by atoms with Gasteiger partial charge in [-0.3, -0.25) is 4.98 Å². The van der Waals surface area contributed by atoms with E-state index in [2.05, 4.69) is 4.98 Å². The van der Waals surface area contributed by atoms with Gasteiger partial charge in [-0.15, -0.1) is 0 Å². The molecule has 5 heteroatoms. The maximum Gasteiger partial charge on any atom is 0.418 e. The average Bonchev–Trinajstić information content (AvgIpc) is 2.28. The number of halogens is 4. The van der Waals surface area contributed by atoms with Crippen molar-refractivity contribution in [3.63, 3.8) is 0 Å². The summed E-state index contributed by atoms with van der Waals surface area (Å²) in [5, 5.41) is 0.699. The van der Waals surface area contributed by atoms with Crippen molar-refractivity contribution in [1.29, 1.82) is 0 Å². The molecule has 0 unspecified atom stereocenters. The van der Waals surface area contributed by atoms with Crippen LogP contribution in [0.25, 0.3) is 10.9 Å². The van der Waals surface area contributed by atoms with E-state index in [1.165, 1.54) is 12.3 Å². The van der Waals surface area contributed by atoms with Gasteiger partial charge in [0.1, 0.15) is 0 Å². The molecule has 0 N–H and O–H groups in total. The summed E-state index contributed by atoms with van der Waals surface area (Å²) in [6.45, 7) is 1.88. The lowest BCUT2D eigenvalue weighted by Crippen LogP contribution is -2.06. The summed E-state index contributed by atoms with van der Waals surface area (Å²) in [5.74, 6) is 0. The van der Waals surface area contributed by atoms with Gasteiger partial charge in [-0.05, 0) is 18.1 Å². The third-order valence-electron chi connectivity index (χ3n) is 2.59. The maximum atomic E-state index is 12.7. The van der Waals surface area contributed by atoms with Crippen molar-refractivity contribution in [3.8, 4) is 0 Å². The number of aromatic nitrogens is 1. The normalized spacial score (nSPS) is 12.1. The van der Waals surface area contributed by atoms with Crippen LogP contribution in [0.15, 0.2) is 24.4 Å². The van der Waals surface area contributed by atoms with Crippen molar-refractivity contribution in [2.24, 2.45) is 0 Å². The second kappa shape index (κ2) is 4.18. The number of alkyl halides is 3. The zero-order chi connectivity index (χ0) is 12.6. The molecule has 1 nitrogen and oxygen atoms in total. The SMILES string of the molecule is CCc1cnc2c(C(F)(F)F)cccc2c1Cl. The van der Waals surface area contributed by atoms with Gasteiger partial charge >= 0.3 is 6.18 Å². The second-order valence-electron chi connectivity index (χ2n) is 3.65. The van der Waals surface area contributed by atoms with E-state index in [9.17, 15) is 13.2 Å². The minimum absolute atomic E-state index is 0.0952. The molecule has 1 heterocycles.